The van der Waals surface area contributed by atoms with Gasteiger partial charge in [0.2, 0.25) is 0 Å². The molecule has 1 aromatic carbocycles. The molecule has 0 spiro atoms. The number of rotatable bonds is 0. The van der Waals surface area contributed by atoms with Crippen molar-refractivity contribution < 1.29 is 0 Å². The van der Waals surface area contributed by atoms with Gasteiger partial charge in [0.1, 0.15) is 0 Å². The maximum absolute atomic E-state index is 4.40. The third-order valence-corrected chi connectivity index (χ3v) is 4.45. The second-order valence-electron chi connectivity index (χ2n) is 2.95. The monoisotopic (exact) mass is 233 g/mol. The summed E-state index contributed by atoms with van der Waals surface area (Å²) >= 11 is 0.424. The van der Waals surface area contributed by atoms with Crippen LogP contribution in [0.5, 0.6) is 0 Å². The number of pyridine rings is 1. The van der Waals surface area contributed by atoms with Crippen LogP contribution >= 0.6 is 0 Å². The van der Waals surface area contributed by atoms with Crippen LogP contribution in [0.3, 0.4) is 0 Å². The van der Waals surface area contributed by atoms with Crippen LogP contribution in [0, 0.1) is 0 Å². The summed E-state index contributed by atoms with van der Waals surface area (Å²) in [5.74, 6) is 0. The fraction of sp³-hybridized carbons (Fsp3) is 0. The molecule has 0 saturated carbocycles. The van der Waals surface area contributed by atoms with Crippen LogP contribution in [0.25, 0.3) is 19.4 Å². The van der Waals surface area contributed by atoms with Gasteiger partial charge in [-0.3, -0.25) is 0 Å². The van der Waals surface area contributed by atoms with E-state index in [2.05, 4.69) is 35.3 Å². The topological polar surface area (TPSA) is 12.9 Å². The van der Waals surface area contributed by atoms with Crippen molar-refractivity contribution in [1.82, 2.24) is 4.98 Å². The van der Waals surface area contributed by atoms with Crippen LogP contribution in [-0.2, 0) is 0 Å². The number of nitrogens with zero attached hydrogens (tertiary/aromatic N) is 1. The number of benzene rings is 1. The molecule has 0 amide bonds. The van der Waals surface area contributed by atoms with Gasteiger partial charge in [-0.1, -0.05) is 0 Å². The van der Waals surface area contributed by atoms with Crippen molar-refractivity contribution in [2.45, 2.75) is 0 Å². The molecule has 0 N–H and O–H groups in total. The van der Waals surface area contributed by atoms with E-state index in [1.165, 1.54) is 19.4 Å². The van der Waals surface area contributed by atoms with E-state index in [1.54, 1.807) is 0 Å². The van der Waals surface area contributed by atoms with E-state index < -0.39 is 0 Å². The first kappa shape index (κ1) is 7.31. The van der Waals surface area contributed by atoms with Crippen molar-refractivity contribution >= 4 is 33.9 Å². The summed E-state index contributed by atoms with van der Waals surface area (Å²) in [5, 5.41) is 2.71. The molecule has 2 heterocycles. The number of fused-ring (bicyclic) bond motifs is 3. The van der Waals surface area contributed by atoms with Crippen LogP contribution < -0.4 is 0 Å². The third-order valence-electron chi connectivity index (χ3n) is 2.16. The zero-order chi connectivity index (χ0) is 8.67. The fourth-order valence-corrected chi connectivity index (χ4v) is 3.75. The first-order valence-electron chi connectivity index (χ1n) is 4.17. The summed E-state index contributed by atoms with van der Waals surface area (Å²) in [4.78, 5) is 4.40. The summed E-state index contributed by atoms with van der Waals surface area (Å²) in [7, 11) is 0. The molecule has 0 aliphatic heterocycles. The predicted molar refractivity (Wildman–Crippen MR) is 56.2 cm³/mol. The average molecular weight is 232 g/mol. The Kier molecular flexibility index (Phi) is 1.51. The molecule has 0 bridgehead atoms. The normalized spacial score (nSPS) is 11.1. The van der Waals surface area contributed by atoms with Crippen molar-refractivity contribution in [3.05, 3.63) is 42.6 Å². The zero-order valence-corrected chi connectivity index (χ0v) is 8.61. The summed E-state index contributed by atoms with van der Waals surface area (Å²) in [5.41, 5.74) is 0. The molecule has 62 valence electrons. The second kappa shape index (κ2) is 2.69. The summed E-state index contributed by atoms with van der Waals surface area (Å²) < 4.78 is 2.74. The van der Waals surface area contributed by atoms with Crippen molar-refractivity contribution in [2.24, 2.45) is 0 Å². The Morgan fingerprint density at radius 1 is 0.923 bits per heavy atom. The van der Waals surface area contributed by atoms with Gasteiger partial charge in [-0.05, 0) is 0 Å². The van der Waals surface area contributed by atoms with Crippen molar-refractivity contribution in [1.29, 1.82) is 0 Å². The van der Waals surface area contributed by atoms with E-state index >= 15 is 0 Å². The first-order valence-corrected chi connectivity index (χ1v) is 5.89. The summed E-state index contributed by atoms with van der Waals surface area (Å²) in [6.45, 7) is 0. The first-order chi connectivity index (χ1) is 6.45. The molecule has 2 aromatic heterocycles. The van der Waals surface area contributed by atoms with Gasteiger partial charge in [-0.25, -0.2) is 0 Å². The number of aromatic nitrogens is 1. The Balaban J connectivity index is 2.64. The van der Waals surface area contributed by atoms with Gasteiger partial charge in [0, 0.05) is 0 Å². The van der Waals surface area contributed by atoms with Gasteiger partial charge in [0.25, 0.3) is 0 Å². The van der Waals surface area contributed by atoms with E-state index in [0.717, 1.165) is 0 Å². The predicted octanol–water partition coefficient (Wildman–Crippen LogP) is 2.45. The van der Waals surface area contributed by atoms with E-state index in [9.17, 15) is 0 Å². The molecule has 2 heteroatoms. The van der Waals surface area contributed by atoms with Gasteiger partial charge in [0.05, 0.1) is 0 Å². The van der Waals surface area contributed by atoms with Crippen LogP contribution in [0.15, 0.2) is 42.6 Å². The molecule has 0 saturated heterocycles. The summed E-state index contributed by atoms with van der Waals surface area (Å²) in [6.07, 6.45) is 1.88. The van der Waals surface area contributed by atoms with E-state index in [-0.39, 0.29) is 0 Å². The second-order valence-corrected chi connectivity index (χ2v) is 5.12. The maximum atomic E-state index is 4.40. The Labute approximate surface area is 81.8 Å². The van der Waals surface area contributed by atoms with Gasteiger partial charge in [-0.2, -0.15) is 0 Å². The Hall–Kier alpha value is -1.11. The third kappa shape index (κ3) is 1.03. The molecular weight excluding hydrogens is 225 g/mol. The molecule has 0 atom stereocenters. The van der Waals surface area contributed by atoms with Crippen LogP contribution in [-0.4, -0.2) is 19.5 Å². The Morgan fingerprint density at radius 3 is 2.77 bits per heavy atom. The standard InChI is InChI=1S/C11H7NSe/c1-2-6-10-8(4-1)9-5-3-7-12-11(9)13-10/h1-7H. The van der Waals surface area contributed by atoms with Crippen molar-refractivity contribution in [2.75, 3.05) is 0 Å². The molecular formula is C11H7NSe. The minimum absolute atomic E-state index is 0.424. The van der Waals surface area contributed by atoms with Crippen LogP contribution in [0.1, 0.15) is 0 Å². The molecule has 0 unspecified atom stereocenters. The molecule has 0 aliphatic carbocycles. The number of hydrogen-bond donors (Lipinski definition) is 0. The minimum atomic E-state index is 0.424. The fourth-order valence-electron chi connectivity index (χ4n) is 1.56. The zero-order valence-electron chi connectivity index (χ0n) is 6.90. The molecule has 3 rings (SSSR count). The molecule has 13 heavy (non-hydrogen) atoms. The molecule has 3 aromatic rings. The molecule has 0 fully saturated rings. The van der Waals surface area contributed by atoms with E-state index in [1.807, 2.05) is 12.3 Å². The van der Waals surface area contributed by atoms with Crippen LogP contribution in [0.2, 0.25) is 0 Å². The van der Waals surface area contributed by atoms with Gasteiger partial charge in [-0.15, -0.1) is 0 Å². The van der Waals surface area contributed by atoms with E-state index in [0.29, 0.717) is 14.5 Å². The SMILES string of the molecule is c1ccc2c(c1)[se]c1ncccc12. The van der Waals surface area contributed by atoms with Gasteiger partial charge in [0.15, 0.2) is 0 Å². The molecule has 0 radical (unpaired) electrons. The average Bonchev–Trinajstić information content (AvgIpc) is 2.56. The Morgan fingerprint density at radius 2 is 1.77 bits per heavy atom. The van der Waals surface area contributed by atoms with Crippen molar-refractivity contribution in [3.63, 3.8) is 0 Å². The quantitative estimate of drug-likeness (QED) is 0.542. The van der Waals surface area contributed by atoms with Gasteiger partial charge < -0.3 is 0 Å². The van der Waals surface area contributed by atoms with E-state index in [4.69, 9.17) is 0 Å². The van der Waals surface area contributed by atoms with Crippen LogP contribution in [0.4, 0.5) is 0 Å². The molecule has 1 nitrogen and oxygen atoms in total. The van der Waals surface area contributed by atoms with Crippen molar-refractivity contribution in [3.8, 4) is 0 Å². The summed E-state index contributed by atoms with van der Waals surface area (Å²) in [6, 6.07) is 12.8. The number of hydrogen-bond acceptors (Lipinski definition) is 1. The van der Waals surface area contributed by atoms with Gasteiger partial charge >= 0.3 is 81.5 Å². The molecule has 0 aliphatic rings. The Bertz CT molecular complexity index is 518.